The third-order valence-corrected chi connectivity index (χ3v) is 6.51. The lowest BCUT2D eigenvalue weighted by Crippen LogP contribution is -2.41. The Morgan fingerprint density at radius 1 is 1.22 bits per heavy atom. The Morgan fingerprint density at radius 2 is 1.91 bits per heavy atom. The van der Waals surface area contributed by atoms with E-state index in [9.17, 15) is 4.79 Å². The summed E-state index contributed by atoms with van der Waals surface area (Å²) in [6.07, 6.45) is 3.32. The number of nitrogens with one attached hydrogen (secondary N) is 1. The van der Waals surface area contributed by atoms with E-state index in [0.717, 1.165) is 35.4 Å². The highest BCUT2D eigenvalue weighted by Gasteiger charge is 2.51. The summed E-state index contributed by atoms with van der Waals surface area (Å²) in [5.74, 6) is 0.782. The van der Waals surface area contributed by atoms with Gasteiger partial charge in [0.25, 0.3) is 0 Å². The summed E-state index contributed by atoms with van der Waals surface area (Å²) < 4.78 is 18.0. The quantitative estimate of drug-likeness (QED) is 0.716. The zero-order chi connectivity index (χ0) is 23.3. The number of likely N-dealkylation sites (tertiary alicyclic amines) is 1. The van der Waals surface area contributed by atoms with Crippen molar-refractivity contribution in [3.05, 3.63) is 36.3 Å². The monoisotopic (exact) mass is 439 g/mol. The minimum atomic E-state index is -0.521. The fourth-order valence-corrected chi connectivity index (χ4v) is 4.07. The van der Waals surface area contributed by atoms with Crippen molar-refractivity contribution in [3.8, 4) is 11.3 Å². The normalized spacial score (nSPS) is 22.4. The van der Waals surface area contributed by atoms with E-state index in [1.807, 2.05) is 45.2 Å². The van der Waals surface area contributed by atoms with Crippen molar-refractivity contribution in [2.24, 2.45) is 0 Å². The van der Waals surface area contributed by atoms with Crippen LogP contribution in [0.15, 0.2) is 30.5 Å². The number of imidazole rings is 1. The molecule has 2 fully saturated rings. The van der Waals surface area contributed by atoms with Crippen molar-refractivity contribution in [1.82, 2.24) is 14.9 Å². The minimum absolute atomic E-state index is 0.107. The lowest BCUT2D eigenvalue weighted by atomic mass is 9.78. The molecule has 0 bridgehead atoms. The largest absolute Gasteiger partial charge is 0.494 e. The lowest BCUT2D eigenvalue weighted by Gasteiger charge is -2.32. The number of ether oxygens (including phenoxy) is 1. The minimum Gasteiger partial charge on any atom is -0.444 e. The van der Waals surface area contributed by atoms with E-state index in [4.69, 9.17) is 14.0 Å². The Morgan fingerprint density at radius 3 is 2.56 bits per heavy atom. The highest BCUT2D eigenvalue weighted by molar-refractivity contribution is 6.62. The van der Waals surface area contributed by atoms with Crippen LogP contribution in [0.1, 0.15) is 73.2 Å². The van der Waals surface area contributed by atoms with Gasteiger partial charge in [0.15, 0.2) is 0 Å². The van der Waals surface area contributed by atoms with Crippen LogP contribution in [0.2, 0.25) is 0 Å². The molecule has 1 aromatic heterocycles. The van der Waals surface area contributed by atoms with Crippen LogP contribution in [0.5, 0.6) is 0 Å². The summed E-state index contributed by atoms with van der Waals surface area (Å²) in [5.41, 5.74) is 1.57. The number of carbonyl (C=O) groups is 1. The molecule has 32 heavy (non-hydrogen) atoms. The molecule has 2 saturated heterocycles. The van der Waals surface area contributed by atoms with Gasteiger partial charge in [-0.15, -0.1) is 0 Å². The first kappa shape index (κ1) is 22.9. The molecule has 0 aliphatic carbocycles. The molecule has 2 aromatic rings. The maximum atomic E-state index is 12.7. The molecule has 172 valence electrons. The Balaban J connectivity index is 1.53. The van der Waals surface area contributed by atoms with E-state index in [1.54, 1.807) is 4.90 Å². The smallest absolute Gasteiger partial charge is 0.444 e. The molecule has 1 N–H and O–H groups in total. The molecule has 0 radical (unpaired) electrons. The van der Waals surface area contributed by atoms with Crippen LogP contribution in [0, 0.1) is 0 Å². The predicted molar refractivity (Wildman–Crippen MR) is 125 cm³/mol. The van der Waals surface area contributed by atoms with Crippen LogP contribution in [0.3, 0.4) is 0 Å². The number of carbonyl (C=O) groups excluding carboxylic acids is 1. The predicted octanol–water partition coefficient (Wildman–Crippen LogP) is 4.45. The van der Waals surface area contributed by atoms with Gasteiger partial charge in [-0.3, -0.25) is 4.90 Å². The number of aromatic nitrogens is 2. The van der Waals surface area contributed by atoms with Gasteiger partial charge in [0.1, 0.15) is 11.4 Å². The highest BCUT2D eigenvalue weighted by atomic mass is 16.7. The zero-order valence-electron chi connectivity index (χ0n) is 20.2. The first-order valence-electron chi connectivity index (χ1n) is 11.4. The lowest BCUT2D eigenvalue weighted by molar-refractivity contribution is 0.00578. The summed E-state index contributed by atoms with van der Waals surface area (Å²) >= 11 is 0. The number of hydrogen-bond donors (Lipinski definition) is 1. The Labute approximate surface area is 191 Å². The molecule has 1 atom stereocenters. The molecule has 0 saturated carbocycles. The molecule has 2 aliphatic heterocycles. The van der Waals surface area contributed by atoms with Crippen molar-refractivity contribution >= 4 is 18.7 Å². The number of rotatable bonds is 3. The van der Waals surface area contributed by atoms with Crippen LogP contribution in [0.4, 0.5) is 4.79 Å². The second-order valence-corrected chi connectivity index (χ2v) is 10.7. The third kappa shape index (κ3) is 4.43. The third-order valence-electron chi connectivity index (χ3n) is 6.51. The second kappa shape index (κ2) is 7.92. The van der Waals surface area contributed by atoms with Gasteiger partial charge < -0.3 is 19.0 Å². The van der Waals surface area contributed by atoms with Crippen LogP contribution in [0.25, 0.3) is 11.3 Å². The molecule has 0 unspecified atom stereocenters. The zero-order valence-corrected chi connectivity index (χ0v) is 20.2. The summed E-state index contributed by atoms with van der Waals surface area (Å²) in [6, 6.07) is 8.01. The van der Waals surface area contributed by atoms with E-state index in [2.05, 4.69) is 43.7 Å². The summed E-state index contributed by atoms with van der Waals surface area (Å²) in [5, 5.41) is 0. The van der Waals surface area contributed by atoms with Crippen molar-refractivity contribution < 1.29 is 18.8 Å². The van der Waals surface area contributed by atoms with Gasteiger partial charge in [-0.05, 0) is 72.3 Å². The fourth-order valence-electron chi connectivity index (χ4n) is 4.07. The van der Waals surface area contributed by atoms with Gasteiger partial charge in [0.05, 0.1) is 29.1 Å². The first-order chi connectivity index (χ1) is 14.9. The van der Waals surface area contributed by atoms with Gasteiger partial charge in [-0.1, -0.05) is 24.3 Å². The molecule has 1 amide bonds. The number of H-pyrrole nitrogens is 1. The summed E-state index contributed by atoms with van der Waals surface area (Å²) in [6.45, 7) is 14.5. The van der Waals surface area contributed by atoms with Crippen LogP contribution in [-0.4, -0.2) is 51.4 Å². The van der Waals surface area contributed by atoms with E-state index >= 15 is 0 Å². The van der Waals surface area contributed by atoms with Crippen molar-refractivity contribution in [2.75, 3.05) is 6.54 Å². The Kier molecular flexibility index (Phi) is 5.66. The summed E-state index contributed by atoms with van der Waals surface area (Å²) in [4.78, 5) is 22.5. The van der Waals surface area contributed by atoms with Crippen molar-refractivity contribution in [2.45, 2.75) is 84.2 Å². The van der Waals surface area contributed by atoms with Gasteiger partial charge in [0, 0.05) is 6.54 Å². The Bertz CT molecular complexity index is 979. The number of benzene rings is 1. The van der Waals surface area contributed by atoms with Crippen LogP contribution in [-0.2, 0) is 14.0 Å². The molecule has 0 spiro atoms. The van der Waals surface area contributed by atoms with Gasteiger partial charge >= 0.3 is 13.2 Å². The SMILES string of the molecule is CC(C)(C)OC(=O)N1CCC[C@H]1c1ncc(-c2cccc(B3OC(C)(C)C(C)(C)O3)c2)[nH]1. The molecule has 1 aromatic carbocycles. The van der Waals surface area contributed by atoms with Crippen LogP contribution < -0.4 is 5.46 Å². The Hall–Kier alpha value is -2.32. The van der Waals surface area contributed by atoms with E-state index in [0.29, 0.717) is 6.54 Å². The second-order valence-electron chi connectivity index (χ2n) is 10.7. The van der Waals surface area contributed by atoms with Crippen molar-refractivity contribution in [1.29, 1.82) is 0 Å². The number of aromatic amines is 1. The molecule has 3 heterocycles. The van der Waals surface area contributed by atoms with Gasteiger partial charge in [0.2, 0.25) is 0 Å². The topological polar surface area (TPSA) is 76.7 Å². The van der Waals surface area contributed by atoms with E-state index < -0.39 is 12.7 Å². The standard InChI is InChI=1S/C24H34BN3O4/c1-22(2,3)30-21(29)28-13-9-12-19(28)20-26-15-18(27-20)16-10-8-11-17(14-16)25-31-23(4,5)24(6,7)32-25/h8,10-11,14-15,19H,9,12-13H2,1-7H3,(H,26,27)/t19-/m0/s1. The van der Waals surface area contributed by atoms with E-state index in [1.165, 1.54) is 0 Å². The fraction of sp³-hybridized carbons (Fsp3) is 0.583. The average Bonchev–Trinajstić information content (AvgIpc) is 3.38. The molecule has 7 nitrogen and oxygen atoms in total. The van der Waals surface area contributed by atoms with Crippen molar-refractivity contribution in [3.63, 3.8) is 0 Å². The maximum Gasteiger partial charge on any atom is 0.494 e. The average molecular weight is 439 g/mol. The molecule has 2 aliphatic rings. The maximum absolute atomic E-state index is 12.7. The number of nitrogens with zero attached hydrogens (tertiary/aromatic N) is 2. The number of hydrogen-bond acceptors (Lipinski definition) is 5. The molecular weight excluding hydrogens is 405 g/mol. The van der Waals surface area contributed by atoms with Gasteiger partial charge in [-0.2, -0.15) is 0 Å². The molecule has 8 heteroatoms. The number of amides is 1. The highest BCUT2D eigenvalue weighted by Crippen LogP contribution is 2.37. The first-order valence-corrected chi connectivity index (χ1v) is 11.4. The summed E-state index contributed by atoms with van der Waals surface area (Å²) in [7, 11) is -0.417. The molecule has 4 rings (SSSR count). The van der Waals surface area contributed by atoms with E-state index in [-0.39, 0.29) is 23.3 Å². The van der Waals surface area contributed by atoms with Crippen LogP contribution >= 0.6 is 0 Å². The molecular formula is C24H34BN3O4. The van der Waals surface area contributed by atoms with Gasteiger partial charge in [-0.25, -0.2) is 9.78 Å².